The van der Waals surface area contributed by atoms with Crippen LogP contribution in [0.5, 0.6) is 0 Å². The molecule has 0 saturated heterocycles. The van der Waals surface area contributed by atoms with Gasteiger partial charge in [0.25, 0.3) is 0 Å². The first-order valence-corrected chi connectivity index (χ1v) is 25.7. The predicted molar refractivity (Wildman–Crippen MR) is 307 cm³/mol. The average molecular weight is 954 g/mol. The second kappa shape index (κ2) is 16.0. The molecule has 0 aliphatic heterocycles. The van der Waals surface area contributed by atoms with E-state index in [1.54, 1.807) is 0 Å². The van der Waals surface area contributed by atoms with E-state index in [1.807, 2.05) is 36.4 Å². The minimum Gasteiger partial charge on any atom is -0.309 e. The van der Waals surface area contributed by atoms with Crippen LogP contribution >= 0.6 is 0 Å². The fourth-order valence-corrected chi connectivity index (χ4v) is 12.8. The van der Waals surface area contributed by atoms with Gasteiger partial charge in [0.1, 0.15) is 0 Å². The molecule has 0 amide bonds. The van der Waals surface area contributed by atoms with E-state index in [0.717, 1.165) is 28.1 Å². The SMILES string of the molecule is c1ccc(-c2nc(-c3ccccc3)nc(-c3ccc4c(c3)C3(c5ccccc5-4)c4ccccc4-c4cc5c6cc(-c7ccc8c(c7)c7ccccc7n8-c7ccccc7)ccc6n(-c6ccccc6)c5cc43)n2)cc1. The number of hydrogen-bond donors (Lipinski definition) is 0. The summed E-state index contributed by atoms with van der Waals surface area (Å²) in [6.07, 6.45) is 0. The van der Waals surface area contributed by atoms with Crippen LogP contribution in [0, 0.1) is 0 Å². The maximum absolute atomic E-state index is 5.23. The molecule has 11 aromatic carbocycles. The number of hydrogen-bond acceptors (Lipinski definition) is 3. The lowest BCUT2D eigenvalue weighted by molar-refractivity contribution is 0.794. The van der Waals surface area contributed by atoms with Crippen LogP contribution in [-0.2, 0) is 5.41 Å². The molecule has 2 aliphatic rings. The summed E-state index contributed by atoms with van der Waals surface area (Å²) in [6.45, 7) is 0. The molecule has 0 bridgehead atoms. The molecule has 0 saturated carbocycles. The molecule has 5 heteroatoms. The van der Waals surface area contributed by atoms with Crippen molar-refractivity contribution in [1.82, 2.24) is 24.1 Å². The van der Waals surface area contributed by atoms with Crippen molar-refractivity contribution in [2.45, 2.75) is 5.41 Å². The van der Waals surface area contributed by atoms with Crippen molar-refractivity contribution in [2.75, 3.05) is 0 Å². The van der Waals surface area contributed by atoms with E-state index in [2.05, 4.69) is 234 Å². The van der Waals surface area contributed by atoms with Crippen LogP contribution in [0.25, 0.3) is 123 Å². The van der Waals surface area contributed by atoms with Crippen molar-refractivity contribution in [3.8, 4) is 78.9 Å². The lowest BCUT2D eigenvalue weighted by atomic mass is 9.70. The molecule has 1 spiro atoms. The van der Waals surface area contributed by atoms with Gasteiger partial charge in [-0.1, -0.05) is 188 Å². The fraction of sp³-hybridized carbons (Fsp3) is 0.0143. The molecular formula is C70H43N5. The Bertz CT molecular complexity index is 4570. The minimum atomic E-state index is -0.628. The molecule has 16 rings (SSSR count). The quantitative estimate of drug-likeness (QED) is 0.167. The van der Waals surface area contributed by atoms with E-state index >= 15 is 0 Å². The normalized spacial score (nSPS) is 14.2. The summed E-state index contributed by atoms with van der Waals surface area (Å²) in [7, 11) is 0. The van der Waals surface area contributed by atoms with Crippen molar-refractivity contribution in [2.24, 2.45) is 0 Å². The van der Waals surface area contributed by atoms with E-state index in [-0.39, 0.29) is 0 Å². The Morgan fingerprint density at radius 3 is 1.25 bits per heavy atom. The number of benzene rings is 11. The fourth-order valence-electron chi connectivity index (χ4n) is 12.8. The molecule has 3 heterocycles. The third-order valence-corrected chi connectivity index (χ3v) is 16.0. The Labute approximate surface area is 433 Å². The Morgan fingerprint density at radius 1 is 0.240 bits per heavy atom. The molecule has 0 N–H and O–H groups in total. The van der Waals surface area contributed by atoms with Crippen LogP contribution in [0.15, 0.2) is 261 Å². The summed E-state index contributed by atoms with van der Waals surface area (Å²) in [5.74, 6) is 1.93. The molecule has 2 aliphatic carbocycles. The summed E-state index contributed by atoms with van der Waals surface area (Å²) >= 11 is 0. The van der Waals surface area contributed by atoms with Crippen LogP contribution in [0.2, 0.25) is 0 Å². The van der Waals surface area contributed by atoms with Gasteiger partial charge in [0.05, 0.1) is 27.5 Å². The van der Waals surface area contributed by atoms with Crippen LogP contribution < -0.4 is 0 Å². The van der Waals surface area contributed by atoms with Crippen molar-refractivity contribution >= 4 is 43.6 Å². The second-order valence-electron chi connectivity index (χ2n) is 19.9. The summed E-state index contributed by atoms with van der Waals surface area (Å²) in [5.41, 5.74) is 21.6. The van der Waals surface area contributed by atoms with Crippen molar-refractivity contribution in [3.63, 3.8) is 0 Å². The van der Waals surface area contributed by atoms with Gasteiger partial charge >= 0.3 is 0 Å². The third-order valence-electron chi connectivity index (χ3n) is 16.0. The van der Waals surface area contributed by atoms with E-state index in [0.29, 0.717) is 17.5 Å². The first-order chi connectivity index (χ1) is 37.2. The second-order valence-corrected chi connectivity index (χ2v) is 19.9. The van der Waals surface area contributed by atoms with Crippen molar-refractivity contribution in [3.05, 3.63) is 283 Å². The first kappa shape index (κ1) is 41.6. The van der Waals surface area contributed by atoms with Gasteiger partial charge in [-0.3, -0.25) is 0 Å². The Balaban J connectivity index is 0.931. The van der Waals surface area contributed by atoms with Gasteiger partial charge in [0.15, 0.2) is 17.5 Å². The van der Waals surface area contributed by atoms with Gasteiger partial charge in [-0.05, 0) is 128 Å². The lowest BCUT2D eigenvalue weighted by Gasteiger charge is -2.31. The number of aromatic nitrogens is 5. The zero-order valence-electron chi connectivity index (χ0n) is 40.6. The Morgan fingerprint density at radius 2 is 0.653 bits per heavy atom. The largest absolute Gasteiger partial charge is 0.309 e. The highest BCUT2D eigenvalue weighted by Gasteiger charge is 2.52. The number of rotatable bonds is 6. The monoisotopic (exact) mass is 953 g/mol. The van der Waals surface area contributed by atoms with E-state index < -0.39 is 5.41 Å². The van der Waals surface area contributed by atoms with Crippen molar-refractivity contribution < 1.29 is 0 Å². The van der Waals surface area contributed by atoms with Gasteiger partial charge in [0.2, 0.25) is 0 Å². The molecule has 0 fully saturated rings. The predicted octanol–water partition coefficient (Wildman–Crippen LogP) is 17.1. The minimum absolute atomic E-state index is 0.628. The molecule has 5 nitrogen and oxygen atoms in total. The van der Waals surface area contributed by atoms with Gasteiger partial charge in [-0.15, -0.1) is 0 Å². The first-order valence-electron chi connectivity index (χ1n) is 25.7. The van der Waals surface area contributed by atoms with Gasteiger partial charge in [0, 0.05) is 49.6 Å². The summed E-state index contributed by atoms with van der Waals surface area (Å²) < 4.78 is 4.86. The molecule has 14 aromatic rings. The van der Waals surface area contributed by atoms with Gasteiger partial charge in [-0.25, -0.2) is 15.0 Å². The summed E-state index contributed by atoms with van der Waals surface area (Å²) in [4.78, 5) is 15.5. The molecular weight excluding hydrogens is 911 g/mol. The van der Waals surface area contributed by atoms with Crippen LogP contribution in [-0.4, -0.2) is 24.1 Å². The smallest absolute Gasteiger partial charge is 0.164 e. The number of nitrogens with zero attached hydrogens (tertiary/aromatic N) is 5. The zero-order chi connectivity index (χ0) is 49.2. The lowest BCUT2D eigenvalue weighted by Crippen LogP contribution is -2.26. The van der Waals surface area contributed by atoms with Gasteiger partial charge < -0.3 is 9.13 Å². The molecule has 1 unspecified atom stereocenters. The maximum Gasteiger partial charge on any atom is 0.164 e. The van der Waals surface area contributed by atoms with E-state index in [9.17, 15) is 0 Å². The standard InChI is InChI=1S/C70H43N5/c1-5-19-44(20-6-1)67-71-68(45-21-7-2-8-22-45)73-69(72-67)48-33-36-53-51-27-13-16-30-59(51)70(61(53)41-48)60-31-17-14-28-52(60)55-42-58-57-40-47(35-38-65(57)75(66(58)43-62(55)70)50-25-11-4-12-26-50)46-34-37-64-56(39-46)54-29-15-18-32-63(54)74(64)49-23-9-3-10-24-49/h1-43H. The topological polar surface area (TPSA) is 48.5 Å². The van der Waals surface area contributed by atoms with Crippen LogP contribution in [0.4, 0.5) is 0 Å². The highest BCUT2D eigenvalue weighted by Crippen LogP contribution is 2.64. The van der Waals surface area contributed by atoms with Gasteiger partial charge in [-0.2, -0.15) is 0 Å². The number of para-hydroxylation sites is 3. The zero-order valence-corrected chi connectivity index (χ0v) is 40.6. The summed E-state index contributed by atoms with van der Waals surface area (Å²) in [6, 6.07) is 94.8. The highest BCUT2D eigenvalue weighted by molar-refractivity contribution is 6.15. The van der Waals surface area contributed by atoms with Crippen LogP contribution in [0.3, 0.4) is 0 Å². The highest BCUT2D eigenvalue weighted by atomic mass is 15.0. The molecule has 348 valence electrons. The molecule has 1 atom stereocenters. The molecule has 0 radical (unpaired) electrons. The molecule has 75 heavy (non-hydrogen) atoms. The van der Waals surface area contributed by atoms with Crippen molar-refractivity contribution in [1.29, 1.82) is 0 Å². The average Bonchev–Trinajstić information content (AvgIpc) is 4.22. The third kappa shape index (κ3) is 6.04. The van der Waals surface area contributed by atoms with E-state index in [1.165, 1.54) is 99.2 Å². The number of fused-ring (bicyclic) bond motifs is 16. The molecule has 3 aromatic heterocycles. The Kier molecular flexibility index (Phi) is 8.89. The Hall–Kier alpha value is -9.97. The van der Waals surface area contributed by atoms with E-state index in [4.69, 9.17) is 15.0 Å². The maximum atomic E-state index is 5.23. The van der Waals surface area contributed by atoms with Crippen LogP contribution in [0.1, 0.15) is 22.3 Å². The summed E-state index contributed by atoms with van der Waals surface area (Å²) in [5, 5.41) is 4.91.